The second kappa shape index (κ2) is 14.6. The molecular weight excluding hydrogens is 535 g/mol. The third-order valence-corrected chi connectivity index (χ3v) is 8.67. The van der Waals surface area contributed by atoms with Gasteiger partial charge in [0, 0.05) is 52.5 Å². The van der Waals surface area contributed by atoms with E-state index < -0.39 is 6.04 Å². The predicted octanol–water partition coefficient (Wildman–Crippen LogP) is 7.32. The minimum atomic E-state index is -0.669. The van der Waals surface area contributed by atoms with Gasteiger partial charge in [-0.15, -0.1) is 0 Å². The standard InChI is InChI=1S/C31H34Cl2N2O2S/c32-27-16-9-17-28(33)26(27)21-35(30(36)18-19-38-22-24-12-5-2-6-13-24)29(20-23-10-3-1-4-11-23)31(37)34-25-14-7-8-15-25/h1-6,9-13,16-17,25,29H,7-8,14-15,18-22H2,(H,34,37)/t29-/m0/s1. The molecule has 0 aliphatic heterocycles. The van der Waals surface area contributed by atoms with Crippen LogP contribution in [0, 0.1) is 0 Å². The topological polar surface area (TPSA) is 49.4 Å². The molecule has 200 valence electrons. The van der Waals surface area contributed by atoms with Crippen molar-refractivity contribution in [1.29, 1.82) is 0 Å². The fourth-order valence-electron chi connectivity index (χ4n) is 4.84. The summed E-state index contributed by atoms with van der Waals surface area (Å²) in [6, 6.07) is 24.9. The molecule has 3 aromatic rings. The predicted molar refractivity (Wildman–Crippen MR) is 159 cm³/mol. The molecule has 1 saturated carbocycles. The number of amides is 2. The average Bonchev–Trinajstić information content (AvgIpc) is 3.44. The van der Waals surface area contributed by atoms with Gasteiger partial charge in [0.05, 0.1) is 0 Å². The summed E-state index contributed by atoms with van der Waals surface area (Å²) in [7, 11) is 0. The average molecular weight is 570 g/mol. The van der Waals surface area contributed by atoms with E-state index in [2.05, 4.69) is 17.4 Å². The monoisotopic (exact) mass is 568 g/mol. The molecule has 0 spiro atoms. The highest BCUT2D eigenvalue weighted by molar-refractivity contribution is 7.98. The van der Waals surface area contributed by atoms with Gasteiger partial charge in [0.15, 0.2) is 0 Å². The number of hydrogen-bond donors (Lipinski definition) is 1. The van der Waals surface area contributed by atoms with Crippen LogP contribution in [0.5, 0.6) is 0 Å². The number of hydrogen-bond acceptors (Lipinski definition) is 3. The van der Waals surface area contributed by atoms with Crippen LogP contribution in [0.3, 0.4) is 0 Å². The first-order valence-corrected chi connectivity index (χ1v) is 15.1. The normalized spacial score (nSPS) is 14.3. The zero-order valence-electron chi connectivity index (χ0n) is 21.5. The molecule has 0 radical (unpaired) electrons. The molecule has 38 heavy (non-hydrogen) atoms. The van der Waals surface area contributed by atoms with Crippen molar-refractivity contribution >= 4 is 46.8 Å². The minimum absolute atomic E-state index is 0.0796. The molecule has 1 atom stereocenters. The fourth-order valence-corrected chi connectivity index (χ4v) is 6.25. The SMILES string of the molecule is O=C(NC1CCCC1)[C@H](Cc1ccccc1)N(Cc1c(Cl)cccc1Cl)C(=O)CCSCc1ccccc1. The Balaban J connectivity index is 1.56. The number of rotatable bonds is 12. The maximum atomic E-state index is 13.8. The van der Waals surface area contributed by atoms with Gasteiger partial charge in [-0.3, -0.25) is 9.59 Å². The van der Waals surface area contributed by atoms with Crippen molar-refractivity contribution in [3.8, 4) is 0 Å². The van der Waals surface area contributed by atoms with Crippen molar-refractivity contribution in [2.45, 2.75) is 62.9 Å². The van der Waals surface area contributed by atoms with Crippen LogP contribution < -0.4 is 5.32 Å². The molecule has 1 aliphatic rings. The molecule has 0 saturated heterocycles. The highest BCUT2D eigenvalue weighted by Crippen LogP contribution is 2.28. The maximum Gasteiger partial charge on any atom is 0.243 e. The number of carbonyl (C=O) groups is 2. The Bertz CT molecular complexity index is 1170. The largest absolute Gasteiger partial charge is 0.352 e. The van der Waals surface area contributed by atoms with Gasteiger partial charge in [0.25, 0.3) is 0 Å². The van der Waals surface area contributed by atoms with Crippen LogP contribution in [0.15, 0.2) is 78.9 Å². The summed E-state index contributed by atoms with van der Waals surface area (Å²) in [5.74, 6) is 1.29. The van der Waals surface area contributed by atoms with Crippen molar-refractivity contribution in [3.63, 3.8) is 0 Å². The molecular formula is C31H34Cl2N2O2S. The zero-order valence-corrected chi connectivity index (χ0v) is 23.8. The van der Waals surface area contributed by atoms with Crippen LogP contribution >= 0.6 is 35.0 Å². The smallest absolute Gasteiger partial charge is 0.243 e. The molecule has 0 heterocycles. The Morgan fingerprint density at radius 1 is 0.868 bits per heavy atom. The maximum absolute atomic E-state index is 13.8. The van der Waals surface area contributed by atoms with Gasteiger partial charge in [0.2, 0.25) is 11.8 Å². The van der Waals surface area contributed by atoms with Gasteiger partial charge in [-0.05, 0) is 36.1 Å². The lowest BCUT2D eigenvalue weighted by atomic mass is 10.0. The summed E-state index contributed by atoms with van der Waals surface area (Å²) < 4.78 is 0. The summed E-state index contributed by atoms with van der Waals surface area (Å²) in [4.78, 5) is 29.2. The Kier molecular flexibility index (Phi) is 11.0. The third-order valence-electron chi connectivity index (χ3n) is 6.93. The lowest BCUT2D eigenvalue weighted by Gasteiger charge is -2.33. The molecule has 7 heteroatoms. The van der Waals surface area contributed by atoms with E-state index in [0.717, 1.165) is 37.0 Å². The number of nitrogens with one attached hydrogen (secondary N) is 1. The van der Waals surface area contributed by atoms with E-state index in [1.807, 2.05) is 48.5 Å². The Labute approximate surface area is 240 Å². The highest BCUT2D eigenvalue weighted by Gasteiger charge is 2.32. The zero-order chi connectivity index (χ0) is 26.7. The molecule has 1 aliphatic carbocycles. The lowest BCUT2D eigenvalue weighted by molar-refractivity contribution is -0.141. The number of benzene rings is 3. The number of thioether (sulfide) groups is 1. The van der Waals surface area contributed by atoms with E-state index in [0.29, 0.717) is 34.2 Å². The molecule has 0 bridgehead atoms. The van der Waals surface area contributed by atoms with Crippen molar-refractivity contribution < 1.29 is 9.59 Å². The third kappa shape index (κ3) is 8.26. The first-order valence-electron chi connectivity index (χ1n) is 13.2. The van der Waals surface area contributed by atoms with Crippen LogP contribution in [0.2, 0.25) is 10.0 Å². The van der Waals surface area contributed by atoms with Crippen molar-refractivity contribution in [2.75, 3.05) is 5.75 Å². The van der Waals surface area contributed by atoms with Gasteiger partial charge in [0.1, 0.15) is 6.04 Å². The Hall–Kier alpha value is -2.47. The summed E-state index contributed by atoms with van der Waals surface area (Å²) in [5.41, 5.74) is 2.89. The van der Waals surface area contributed by atoms with Crippen molar-refractivity contribution in [1.82, 2.24) is 10.2 Å². The first-order chi connectivity index (χ1) is 18.5. The lowest BCUT2D eigenvalue weighted by Crippen LogP contribution is -2.52. The van der Waals surface area contributed by atoms with Gasteiger partial charge in [-0.1, -0.05) is 103 Å². The molecule has 3 aromatic carbocycles. The highest BCUT2D eigenvalue weighted by atomic mass is 35.5. The Morgan fingerprint density at radius 3 is 2.11 bits per heavy atom. The van der Waals surface area contributed by atoms with E-state index in [4.69, 9.17) is 23.2 Å². The van der Waals surface area contributed by atoms with Gasteiger partial charge in [-0.2, -0.15) is 11.8 Å². The summed E-state index contributed by atoms with van der Waals surface area (Å²) in [6.07, 6.45) is 4.93. The van der Waals surface area contributed by atoms with Crippen LogP contribution in [0.4, 0.5) is 0 Å². The second-order valence-electron chi connectivity index (χ2n) is 9.71. The molecule has 2 amide bonds. The molecule has 4 nitrogen and oxygen atoms in total. The molecule has 0 aromatic heterocycles. The number of carbonyl (C=O) groups excluding carboxylic acids is 2. The summed E-state index contributed by atoms with van der Waals surface area (Å²) >= 11 is 14.8. The summed E-state index contributed by atoms with van der Waals surface area (Å²) in [6.45, 7) is 0.177. The number of nitrogens with zero attached hydrogens (tertiary/aromatic N) is 1. The fraction of sp³-hybridized carbons (Fsp3) is 0.355. The van der Waals surface area contributed by atoms with Crippen LogP contribution in [-0.4, -0.2) is 34.6 Å². The van der Waals surface area contributed by atoms with Gasteiger partial charge in [-0.25, -0.2) is 0 Å². The van der Waals surface area contributed by atoms with Crippen molar-refractivity contribution in [2.24, 2.45) is 0 Å². The van der Waals surface area contributed by atoms with Gasteiger partial charge >= 0.3 is 0 Å². The minimum Gasteiger partial charge on any atom is -0.352 e. The van der Waals surface area contributed by atoms with Crippen molar-refractivity contribution in [3.05, 3.63) is 106 Å². The van der Waals surface area contributed by atoms with E-state index in [9.17, 15) is 9.59 Å². The van der Waals surface area contributed by atoms with Crippen LogP contribution in [-0.2, 0) is 28.3 Å². The molecule has 4 rings (SSSR count). The molecule has 1 N–H and O–H groups in total. The van der Waals surface area contributed by atoms with Crippen LogP contribution in [0.1, 0.15) is 48.8 Å². The van der Waals surface area contributed by atoms with Gasteiger partial charge < -0.3 is 10.2 Å². The van der Waals surface area contributed by atoms with E-state index >= 15 is 0 Å². The van der Waals surface area contributed by atoms with E-state index in [-0.39, 0.29) is 24.4 Å². The summed E-state index contributed by atoms with van der Waals surface area (Å²) in [5, 5.41) is 4.21. The van der Waals surface area contributed by atoms with E-state index in [1.165, 1.54) is 5.56 Å². The van der Waals surface area contributed by atoms with Crippen LogP contribution in [0.25, 0.3) is 0 Å². The molecule has 0 unspecified atom stereocenters. The molecule has 1 fully saturated rings. The first kappa shape index (κ1) is 28.5. The Morgan fingerprint density at radius 2 is 1.47 bits per heavy atom. The number of halogens is 2. The van der Waals surface area contributed by atoms with E-state index in [1.54, 1.807) is 34.9 Å². The quantitative estimate of drug-likeness (QED) is 0.233. The second-order valence-corrected chi connectivity index (χ2v) is 11.6.